The Labute approximate surface area is 132 Å². The summed E-state index contributed by atoms with van der Waals surface area (Å²) in [5.74, 6) is -0.256. The number of benzene rings is 1. The van der Waals surface area contributed by atoms with Crippen LogP contribution in [0.2, 0.25) is 10.0 Å². The summed E-state index contributed by atoms with van der Waals surface area (Å²) >= 11 is 12.3. The number of carbonyl (C=O) groups excluding carboxylic acids is 1. The van der Waals surface area contributed by atoms with Crippen LogP contribution in [0, 0.1) is 6.92 Å². The highest BCUT2D eigenvalue weighted by Crippen LogP contribution is 2.38. The van der Waals surface area contributed by atoms with Gasteiger partial charge in [-0.25, -0.2) is 0 Å². The van der Waals surface area contributed by atoms with Gasteiger partial charge in [-0.15, -0.1) is 0 Å². The molecule has 1 aliphatic rings. The van der Waals surface area contributed by atoms with Crippen molar-refractivity contribution in [3.63, 3.8) is 0 Å². The predicted octanol–water partition coefficient (Wildman–Crippen LogP) is 4.27. The SMILES string of the molecule is Cc1ccc(Cl)c(NC(=O)c2cc(N)cn2C2CC2)c1Cl. The number of nitrogen functional groups attached to an aromatic ring is 1. The Kier molecular flexibility index (Phi) is 3.59. The van der Waals surface area contributed by atoms with Crippen molar-refractivity contribution in [1.82, 2.24) is 4.57 Å². The van der Waals surface area contributed by atoms with E-state index in [2.05, 4.69) is 5.32 Å². The quantitative estimate of drug-likeness (QED) is 0.885. The minimum Gasteiger partial charge on any atom is -0.397 e. The van der Waals surface area contributed by atoms with Gasteiger partial charge >= 0.3 is 0 Å². The van der Waals surface area contributed by atoms with Crippen molar-refractivity contribution in [2.24, 2.45) is 0 Å². The van der Waals surface area contributed by atoms with Gasteiger partial charge in [-0.3, -0.25) is 4.79 Å². The maximum absolute atomic E-state index is 12.5. The van der Waals surface area contributed by atoms with Gasteiger partial charge in [0.05, 0.1) is 21.4 Å². The number of aryl methyl sites for hydroxylation is 1. The zero-order chi connectivity index (χ0) is 15.1. The number of carbonyl (C=O) groups is 1. The molecule has 0 bridgehead atoms. The Morgan fingerprint density at radius 2 is 2.10 bits per heavy atom. The number of aromatic nitrogens is 1. The van der Waals surface area contributed by atoms with Crippen LogP contribution in [-0.2, 0) is 0 Å². The number of nitrogens with one attached hydrogen (secondary N) is 1. The van der Waals surface area contributed by atoms with Gasteiger partial charge in [-0.2, -0.15) is 0 Å². The van der Waals surface area contributed by atoms with Gasteiger partial charge < -0.3 is 15.6 Å². The molecular formula is C15H15Cl2N3O. The Bertz CT molecular complexity index is 720. The maximum Gasteiger partial charge on any atom is 0.272 e. The van der Waals surface area contributed by atoms with Gasteiger partial charge in [0, 0.05) is 12.2 Å². The van der Waals surface area contributed by atoms with E-state index in [0.29, 0.717) is 33.2 Å². The molecule has 0 radical (unpaired) electrons. The molecule has 21 heavy (non-hydrogen) atoms. The maximum atomic E-state index is 12.5. The Hall–Kier alpha value is -1.65. The molecule has 4 nitrogen and oxygen atoms in total. The molecule has 1 amide bonds. The van der Waals surface area contributed by atoms with Crippen LogP contribution in [0.15, 0.2) is 24.4 Å². The molecule has 3 N–H and O–H groups in total. The van der Waals surface area contributed by atoms with E-state index in [0.717, 1.165) is 18.4 Å². The topological polar surface area (TPSA) is 60.1 Å². The summed E-state index contributed by atoms with van der Waals surface area (Å²) in [6.45, 7) is 1.86. The molecule has 1 saturated carbocycles. The fraction of sp³-hybridized carbons (Fsp3) is 0.267. The van der Waals surface area contributed by atoms with E-state index in [1.54, 1.807) is 18.3 Å². The molecule has 1 aliphatic carbocycles. The fourth-order valence-corrected chi connectivity index (χ4v) is 2.75. The third-order valence-electron chi connectivity index (χ3n) is 3.57. The summed E-state index contributed by atoms with van der Waals surface area (Å²) in [6.07, 6.45) is 3.94. The molecule has 0 aliphatic heterocycles. The molecule has 1 heterocycles. The van der Waals surface area contributed by atoms with Crippen molar-refractivity contribution in [2.45, 2.75) is 25.8 Å². The minimum absolute atomic E-state index is 0.256. The number of halogens is 2. The Balaban J connectivity index is 1.92. The highest BCUT2D eigenvalue weighted by Gasteiger charge is 2.28. The Morgan fingerprint density at radius 3 is 2.76 bits per heavy atom. The van der Waals surface area contributed by atoms with E-state index in [4.69, 9.17) is 28.9 Å². The second-order valence-electron chi connectivity index (χ2n) is 5.30. The lowest BCUT2D eigenvalue weighted by Crippen LogP contribution is -2.17. The lowest BCUT2D eigenvalue weighted by atomic mass is 10.2. The molecule has 0 spiro atoms. The van der Waals surface area contributed by atoms with Crippen LogP contribution in [0.3, 0.4) is 0 Å². The summed E-state index contributed by atoms with van der Waals surface area (Å²) in [7, 11) is 0. The van der Waals surface area contributed by atoms with Gasteiger partial charge in [0.25, 0.3) is 5.91 Å². The smallest absolute Gasteiger partial charge is 0.272 e. The van der Waals surface area contributed by atoms with Crippen molar-refractivity contribution in [3.8, 4) is 0 Å². The van der Waals surface area contributed by atoms with E-state index >= 15 is 0 Å². The normalized spacial score (nSPS) is 14.2. The van der Waals surface area contributed by atoms with Crippen molar-refractivity contribution in [2.75, 3.05) is 11.1 Å². The van der Waals surface area contributed by atoms with Gasteiger partial charge in [-0.1, -0.05) is 29.3 Å². The van der Waals surface area contributed by atoms with Crippen molar-refractivity contribution in [3.05, 3.63) is 45.7 Å². The third kappa shape index (κ3) is 2.74. The third-order valence-corrected chi connectivity index (χ3v) is 4.37. The predicted molar refractivity (Wildman–Crippen MR) is 86.3 cm³/mol. The average Bonchev–Trinajstić information content (AvgIpc) is 3.21. The van der Waals surface area contributed by atoms with Crippen LogP contribution in [0.1, 0.15) is 34.9 Å². The molecule has 0 unspecified atom stereocenters. The van der Waals surface area contributed by atoms with E-state index in [1.165, 1.54) is 0 Å². The van der Waals surface area contributed by atoms with Crippen LogP contribution in [0.5, 0.6) is 0 Å². The Morgan fingerprint density at radius 1 is 1.38 bits per heavy atom. The highest BCUT2D eigenvalue weighted by molar-refractivity contribution is 6.40. The number of nitrogens with two attached hydrogens (primary N) is 1. The van der Waals surface area contributed by atoms with Crippen LogP contribution < -0.4 is 11.1 Å². The number of amides is 1. The monoisotopic (exact) mass is 323 g/mol. The highest BCUT2D eigenvalue weighted by atomic mass is 35.5. The zero-order valence-corrected chi connectivity index (χ0v) is 13.0. The average molecular weight is 324 g/mol. The van der Waals surface area contributed by atoms with E-state index in [1.807, 2.05) is 17.6 Å². The molecule has 1 aromatic heterocycles. The molecular weight excluding hydrogens is 309 g/mol. The summed E-state index contributed by atoms with van der Waals surface area (Å²) in [5.41, 5.74) is 8.21. The van der Waals surface area contributed by atoms with Crippen LogP contribution in [0.4, 0.5) is 11.4 Å². The van der Waals surface area contributed by atoms with Crippen molar-refractivity contribution in [1.29, 1.82) is 0 Å². The number of anilines is 2. The molecule has 6 heteroatoms. The molecule has 1 fully saturated rings. The number of rotatable bonds is 3. The number of hydrogen-bond acceptors (Lipinski definition) is 2. The molecule has 0 saturated heterocycles. The number of hydrogen-bond donors (Lipinski definition) is 2. The molecule has 110 valence electrons. The lowest BCUT2D eigenvalue weighted by Gasteiger charge is -2.12. The fourth-order valence-electron chi connectivity index (χ4n) is 2.29. The first-order valence-electron chi connectivity index (χ1n) is 6.70. The van der Waals surface area contributed by atoms with Gasteiger partial charge in [0.15, 0.2) is 0 Å². The lowest BCUT2D eigenvalue weighted by molar-refractivity contribution is 0.101. The van der Waals surface area contributed by atoms with E-state index in [-0.39, 0.29) is 5.91 Å². The second-order valence-corrected chi connectivity index (χ2v) is 6.09. The van der Waals surface area contributed by atoms with E-state index < -0.39 is 0 Å². The summed E-state index contributed by atoms with van der Waals surface area (Å²) in [4.78, 5) is 12.5. The summed E-state index contributed by atoms with van der Waals surface area (Å²) in [6, 6.07) is 5.56. The first-order chi connectivity index (χ1) is 9.97. The first-order valence-corrected chi connectivity index (χ1v) is 7.46. The second kappa shape index (κ2) is 5.28. The minimum atomic E-state index is -0.256. The number of nitrogens with zero attached hydrogens (tertiary/aromatic N) is 1. The standard InChI is InChI=1S/C15H15Cl2N3O/c1-8-2-5-11(16)14(13(8)17)19-15(21)12-6-9(18)7-20(12)10-3-4-10/h2,5-7,10H,3-4,18H2,1H3,(H,19,21). The van der Waals surface area contributed by atoms with Gasteiger partial charge in [0.1, 0.15) is 5.69 Å². The van der Waals surface area contributed by atoms with E-state index in [9.17, 15) is 4.79 Å². The van der Waals surface area contributed by atoms with Crippen LogP contribution >= 0.6 is 23.2 Å². The molecule has 2 aromatic rings. The first kappa shape index (κ1) is 14.3. The summed E-state index contributed by atoms with van der Waals surface area (Å²) in [5, 5.41) is 3.66. The zero-order valence-electron chi connectivity index (χ0n) is 11.5. The van der Waals surface area contributed by atoms with Crippen LogP contribution in [-0.4, -0.2) is 10.5 Å². The largest absolute Gasteiger partial charge is 0.397 e. The molecule has 3 rings (SSSR count). The van der Waals surface area contributed by atoms with Crippen LogP contribution in [0.25, 0.3) is 0 Å². The van der Waals surface area contributed by atoms with Gasteiger partial charge in [0.2, 0.25) is 0 Å². The van der Waals surface area contributed by atoms with Gasteiger partial charge in [-0.05, 0) is 37.5 Å². The van der Waals surface area contributed by atoms with Crippen molar-refractivity contribution < 1.29 is 4.79 Å². The molecule has 1 aromatic carbocycles. The molecule has 0 atom stereocenters. The summed E-state index contributed by atoms with van der Waals surface area (Å²) < 4.78 is 1.92. The van der Waals surface area contributed by atoms with Crippen molar-refractivity contribution >= 4 is 40.5 Å².